The molecule has 0 bridgehead atoms. The number of rotatable bonds is 2. The maximum atomic E-state index is 9.35. The normalized spacial score (nSPS) is 12.8. The second-order valence-electron chi connectivity index (χ2n) is 2.76. The molecule has 3 nitrogen and oxygen atoms in total. The molecular formula is C9H13NO2. The monoisotopic (exact) mass is 167 g/mol. The number of benzene rings is 1. The van der Waals surface area contributed by atoms with Crippen LogP contribution in [0, 0.1) is 0 Å². The van der Waals surface area contributed by atoms with Crippen molar-refractivity contribution >= 4 is 0 Å². The molecule has 0 saturated carbocycles. The molecule has 3 heteroatoms. The summed E-state index contributed by atoms with van der Waals surface area (Å²) >= 11 is 0. The van der Waals surface area contributed by atoms with E-state index in [0.717, 1.165) is 6.42 Å². The molecule has 4 N–H and O–H groups in total. The maximum Gasteiger partial charge on any atom is 0.124 e. The number of nitrogens with two attached hydrogens (primary N) is 1. The summed E-state index contributed by atoms with van der Waals surface area (Å²) < 4.78 is 0. The molecule has 1 rings (SSSR count). The highest BCUT2D eigenvalue weighted by Gasteiger charge is 2.08. The summed E-state index contributed by atoms with van der Waals surface area (Å²) in [6, 6.07) is 4.29. The first-order valence-corrected chi connectivity index (χ1v) is 3.92. The van der Waals surface area contributed by atoms with Gasteiger partial charge in [0.05, 0.1) is 0 Å². The molecule has 0 aliphatic rings. The zero-order valence-electron chi connectivity index (χ0n) is 6.99. The zero-order chi connectivity index (χ0) is 9.14. The number of hydrogen-bond acceptors (Lipinski definition) is 3. The summed E-state index contributed by atoms with van der Waals surface area (Å²) in [5.41, 5.74) is 6.38. The average molecular weight is 167 g/mol. The third kappa shape index (κ3) is 1.68. The Hall–Kier alpha value is -1.22. The van der Waals surface area contributed by atoms with E-state index in [9.17, 15) is 5.11 Å². The van der Waals surface area contributed by atoms with E-state index in [-0.39, 0.29) is 17.5 Å². The quantitative estimate of drug-likeness (QED) is 0.625. The van der Waals surface area contributed by atoms with E-state index in [4.69, 9.17) is 10.8 Å². The molecule has 1 aromatic carbocycles. The molecule has 0 aliphatic heterocycles. The molecule has 0 fully saturated rings. The average Bonchev–Trinajstić information content (AvgIpc) is 2.03. The van der Waals surface area contributed by atoms with Crippen LogP contribution in [0.3, 0.4) is 0 Å². The molecule has 0 radical (unpaired) electrons. The lowest BCUT2D eigenvalue weighted by molar-refractivity contribution is 0.441. The lowest BCUT2D eigenvalue weighted by Crippen LogP contribution is -2.08. The van der Waals surface area contributed by atoms with Gasteiger partial charge in [0.15, 0.2) is 0 Å². The van der Waals surface area contributed by atoms with Crippen molar-refractivity contribution in [1.82, 2.24) is 0 Å². The molecule has 0 aliphatic carbocycles. The summed E-state index contributed by atoms with van der Waals surface area (Å²) in [7, 11) is 0. The van der Waals surface area contributed by atoms with Crippen LogP contribution in [0.2, 0.25) is 0 Å². The smallest absolute Gasteiger partial charge is 0.124 e. The molecule has 0 aromatic heterocycles. The minimum Gasteiger partial charge on any atom is -0.508 e. The molecule has 0 spiro atoms. The fourth-order valence-electron chi connectivity index (χ4n) is 1.07. The van der Waals surface area contributed by atoms with Crippen molar-refractivity contribution in [1.29, 1.82) is 0 Å². The van der Waals surface area contributed by atoms with Crippen molar-refractivity contribution in [2.75, 3.05) is 0 Å². The molecule has 1 aromatic rings. The van der Waals surface area contributed by atoms with Gasteiger partial charge in [-0.3, -0.25) is 0 Å². The van der Waals surface area contributed by atoms with Crippen LogP contribution in [0.25, 0.3) is 0 Å². The van der Waals surface area contributed by atoms with Crippen molar-refractivity contribution in [3.05, 3.63) is 23.8 Å². The lowest BCUT2D eigenvalue weighted by atomic mass is 10.0. The first-order valence-electron chi connectivity index (χ1n) is 3.92. The van der Waals surface area contributed by atoms with Gasteiger partial charge in [0.1, 0.15) is 11.5 Å². The predicted octanol–water partition coefficient (Wildman–Crippen LogP) is 1.51. The third-order valence-corrected chi connectivity index (χ3v) is 1.85. The standard InChI is InChI=1S/C9H13NO2/c1-2-8(10)7-4-3-6(11)5-9(7)12/h3-5,8,11-12H,2,10H2,1H3. The highest BCUT2D eigenvalue weighted by molar-refractivity contribution is 5.40. The first-order chi connectivity index (χ1) is 5.65. The van der Waals surface area contributed by atoms with Gasteiger partial charge in [-0.25, -0.2) is 0 Å². The number of phenolic OH excluding ortho intramolecular Hbond substituents is 2. The number of phenols is 2. The molecular weight excluding hydrogens is 154 g/mol. The second-order valence-corrected chi connectivity index (χ2v) is 2.76. The minimum absolute atomic E-state index is 0.0551. The van der Waals surface area contributed by atoms with Gasteiger partial charge in [0.2, 0.25) is 0 Å². The predicted molar refractivity (Wildman–Crippen MR) is 47.0 cm³/mol. The van der Waals surface area contributed by atoms with E-state index < -0.39 is 0 Å². The van der Waals surface area contributed by atoms with Crippen LogP contribution in [-0.4, -0.2) is 10.2 Å². The Morgan fingerprint density at radius 3 is 2.58 bits per heavy atom. The zero-order valence-corrected chi connectivity index (χ0v) is 6.99. The fourth-order valence-corrected chi connectivity index (χ4v) is 1.07. The fraction of sp³-hybridized carbons (Fsp3) is 0.333. The topological polar surface area (TPSA) is 66.5 Å². The Kier molecular flexibility index (Phi) is 2.55. The van der Waals surface area contributed by atoms with Gasteiger partial charge in [-0.1, -0.05) is 13.0 Å². The van der Waals surface area contributed by atoms with Crippen molar-refractivity contribution < 1.29 is 10.2 Å². The van der Waals surface area contributed by atoms with Crippen LogP contribution >= 0.6 is 0 Å². The number of aromatic hydroxyl groups is 2. The van der Waals surface area contributed by atoms with E-state index in [1.807, 2.05) is 6.92 Å². The third-order valence-electron chi connectivity index (χ3n) is 1.85. The molecule has 0 amide bonds. The number of hydrogen-bond donors (Lipinski definition) is 3. The molecule has 1 unspecified atom stereocenters. The van der Waals surface area contributed by atoms with E-state index >= 15 is 0 Å². The maximum absolute atomic E-state index is 9.35. The largest absolute Gasteiger partial charge is 0.508 e. The Bertz CT molecular complexity index is 273. The van der Waals surface area contributed by atoms with Gasteiger partial charge in [-0.2, -0.15) is 0 Å². The van der Waals surface area contributed by atoms with E-state index in [2.05, 4.69) is 0 Å². The second kappa shape index (κ2) is 3.45. The molecule has 66 valence electrons. The van der Waals surface area contributed by atoms with Crippen LogP contribution in [0.1, 0.15) is 24.9 Å². The van der Waals surface area contributed by atoms with Crippen molar-refractivity contribution in [2.24, 2.45) is 5.73 Å². The van der Waals surface area contributed by atoms with Gasteiger partial charge >= 0.3 is 0 Å². The van der Waals surface area contributed by atoms with Crippen molar-refractivity contribution in [2.45, 2.75) is 19.4 Å². The Morgan fingerprint density at radius 1 is 1.42 bits per heavy atom. The van der Waals surface area contributed by atoms with Crippen LogP contribution in [0.15, 0.2) is 18.2 Å². The van der Waals surface area contributed by atoms with Crippen LogP contribution in [0.5, 0.6) is 11.5 Å². The summed E-state index contributed by atoms with van der Waals surface area (Å²) in [4.78, 5) is 0. The SMILES string of the molecule is CCC(N)c1ccc(O)cc1O. The van der Waals surface area contributed by atoms with Crippen LogP contribution in [0.4, 0.5) is 0 Å². The first kappa shape index (κ1) is 8.87. The van der Waals surface area contributed by atoms with Gasteiger partial charge in [0.25, 0.3) is 0 Å². The van der Waals surface area contributed by atoms with E-state index in [1.165, 1.54) is 12.1 Å². The summed E-state index contributed by atoms with van der Waals surface area (Å²) in [6.07, 6.45) is 0.762. The highest BCUT2D eigenvalue weighted by Crippen LogP contribution is 2.27. The summed E-state index contributed by atoms with van der Waals surface area (Å²) in [5.74, 6) is 0.115. The van der Waals surface area contributed by atoms with Gasteiger partial charge in [-0.05, 0) is 12.5 Å². The lowest BCUT2D eigenvalue weighted by Gasteiger charge is -2.10. The Balaban J connectivity index is 3.01. The van der Waals surface area contributed by atoms with Gasteiger partial charge in [0, 0.05) is 17.7 Å². The summed E-state index contributed by atoms with van der Waals surface area (Å²) in [6.45, 7) is 1.94. The van der Waals surface area contributed by atoms with Crippen molar-refractivity contribution in [3.8, 4) is 11.5 Å². The highest BCUT2D eigenvalue weighted by atomic mass is 16.3. The molecule has 12 heavy (non-hydrogen) atoms. The molecule has 0 heterocycles. The van der Waals surface area contributed by atoms with Gasteiger partial charge < -0.3 is 15.9 Å². The minimum atomic E-state index is -0.161. The Morgan fingerprint density at radius 2 is 2.08 bits per heavy atom. The van der Waals surface area contributed by atoms with Gasteiger partial charge in [-0.15, -0.1) is 0 Å². The van der Waals surface area contributed by atoms with Crippen LogP contribution < -0.4 is 5.73 Å². The molecule has 1 atom stereocenters. The molecule has 0 saturated heterocycles. The van der Waals surface area contributed by atoms with Crippen LogP contribution in [-0.2, 0) is 0 Å². The van der Waals surface area contributed by atoms with E-state index in [1.54, 1.807) is 6.07 Å². The van der Waals surface area contributed by atoms with Crippen molar-refractivity contribution in [3.63, 3.8) is 0 Å². The Labute approximate surface area is 71.5 Å². The summed E-state index contributed by atoms with van der Waals surface area (Å²) in [5, 5.41) is 18.3. The van der Waals surface area contributed by atoms with E-state index in [0.29, 0.717) is 5.56 Å².